The highest BCUT2D eigenvalue weighted by atomic mass is 32.2. The molecular weight excluding hydrogens is 548 g/mol. The van der Waals surface area contributed by atoms with Crippen LogP contribution < -0.4 is 0 Å². The van der Waals surface area contributed by atoms with Crippen LogP contribution in [0.2, 0.25) is 0 Å². The minimum absolute atomic E-state index is 0.0602. The maximum Gasteiger partial charge on any atom is 0.284 e. The lowest BCUT2D eigenvalue weighted by Gasteiger charge is -2.32. The van der Waals surface area contributed by atoms with Crippen molar-refractivity contribution >= 4 is 58.2 Å². The van der Waals surface area contributed by atoms with E-state index in [0.29, 0.717) is 33.2 Å². The van der Waals surface area contributed by atoms with Crippen LogP contribution in [0.1, 0.15) is 32.1 Å². The fourth-order valence-electron chi connectivity index (χ4n) is 4.05. The first-order valence-electron chi connectivity index (χ1n) is 11.6. The fourth-order valence-corrected chi connectivity index (χ4v) is 8.22. The molecular formula is C25H22N4O6S3. The van der Waals surface area contributed by atoms with Gasteiger partial charge in [-0.25, -0.2) is 4.40 Å². The summed E-state index contributed by atoms with van der Waals surface area (Å²) in [5.41, 5.74) is 0.494. The zero-order valence-corrected chi connectivity index (χ0v) is 22.4. The van der Waals surface area contributed by atoms with Crippen molar-refractivity contribution < 1.29 is 14.8 Å². The van der Waals surface area contributed by atoms with Crippen molar-refractivity contribution in [3.05, 3.63) is 103 Å². The second-order valence-corrected chi connectivity index (χ2v) is 12.1. The SMILES string of the molecule is O=[N+]([O-])c1ccccc1S/N=C1\CCCCCC1(Sc1ccccc1[N+](=O)[O-])Sc1ccccc1[N+](=O)[O-]. The van der Waals surface area contributed by atoms with Gasteiger partial charge in [-0.15, -0.1) is 0 Å². The molecule has 0 unspecified atom stereocenters. The molecule has 10 nitrogen and oxygen atoms in total. The highest BCUT2D eigenvalue weighted by Crippen LogP contribution is 2.55. The highest BCUT2D eigenvalue weighted by Gasteiger charge is 2.42. The van der Waals surface area contributed by atoms with E-state index in [1.54, 1.807) is 54.6 Å². The van der Waals surface area contributed by atoms with E-state index in [0.717, 1.165) is 31.2 Å². The summed E-state index contributed by atoms with van der Waals surface area (Å²) in [7, 11) is 0. The van der Waals surface area contributed by atoms with E-state index in [1.165, 1.54) is 41.7 Å². The molecule has 0 atom stereocenters. The third kappa shape index (κ3) is 6.34. The summed E-state index contributed by atoms with van der Waals surface area (Å²) in [5.74, 6) is 0. The van der Waals surface area contributed by atoms with Gasteiger partial charge in [-0.3, -0.25) is 30.3 Å². The average molecular weight is 571 g/mol. The van der Waals surface area contributed by atoms with E-state index in [9.17, 15) is 30.3 Å². The minimum atomic E-state index is -0.911. The first-order valence-corrected chi connectivity index (χ1v) is 14.0. The van der Waals surface area contributed by atoms with Gasteiger partial charge in [-0.2, -0.15) is 0 Å². The fraction of sp³-hybridized carbons (Fsp3) is 0.240. The molecule has 0 heterocycles. The largest absolute Gasteiger partial charge is 0.284 e. The van der Waals surface area contributed by atoms with Crippen molar-refractivity contribution in [3.8, 4) is 0 Å². The predicted molar refractivity (Wildman–Crippen MR) is 150 cm³/mol. The zero-order chi connectivity index (χ0) is 27.1. The third-order valence-electron chi connectivity index (χ3n) is 5.85. The molecule has 1 aliphatic carbocycles. The molecule has 38 heavy (non-hydrogen) atoms. The van der Waals surface area contributed by atoms with Crippen LogP contribution in [0.4, 0.5) is 17.1 Å². The van der Waals surface area contributed by atoms with Crippen LogP contribution in [-0.2, 0) is 0 Å². The molecule has 0 N–H and O–H groups in total. The molecule has 1 fully saturated rings. The summed E-state index contributed by atoms with van der Waals surface area (Å²) in [6.45, 7) is 0. The van der Waals surface area contributed by atoms with E-state index in [-0.39, 0.29) is 17.1 Å². The van der Waals surface area contributed by atoms with Crippen LogP contribution in [0, 0.1) is 30.3 Å². The molecule has 0 bridgehead atoms. The quantitative estimate of drug-likeness (QED) is 0.0819. The van der Waals surface area contributed by atoms with E-state index < -0.39 is 18.8 Å². The van der Waals surface area contributed by atoms with E-state index >= 15 is 0 Å². The summed E-state index contributed by atoms with van der Waals surface area (Å²) in [6.07, 6.45) is 3.60. The summed E-state index contributed by atoms with van der Waals surface area (Å²) in [5, 5.41) is 35.2. The minimum Gasteiger partial charge on any atom is -0.258 e. The Labute approximate surface area is 230 Å². The number of thioether (sulfide) groups is 2. The molecule has 0 amide bonds. The standard InChI is InChI=1S/C25H22N4O6S3/c30-27(31)18-10-3-6-13-21(18)36-25(37-22-14-7-4-11-19(22)28(32)33)17-9-1-2-16-24(25)26-38-23-15-8-5-12-20(23)29(34)35/h3-8,10-15H,1-2,9,16-17H2/b26-24+. The van der Waals surface area contributed by atoms with Crippen molar-refractivity contribution in [2.45, 2.75) is 50.9 Å². The molecule has 1 aliphatic rings. The molecule has 3 aromatic rings. The number of hydrogen-bond donors (Lipinski definition) is 0. The molecule has 196 valence electrons. The van der Waals surface area contributed by atoms with Crippen molar-refractivity contribution in [1.82, 2.24) is 0 Å². The maximum atomic E-state index is 11.8. The van der Waals surface area contributed by atoms with Gasteiger partial charge in [-0.05, 0) is 37.5 Å². The summed E-state index contributed by atoms with van der Waals surface area (Å²) in [6, 6.07) is 19.1. The smallest absolute Gasteiger partial charge is 0.258 e. The third-order valence-corrected chi connectivity index (χ3v) is 9.87. The van der Waals surface area contributed by atoms with Crippen LogP contribution in [0.3, 0.4) is 0 Å². The number of hydrogen-bond acceptors (Lipinski definition) is 10. The lowest BCUT2D eigenvalue weighted by molar-refractivity contribution is -0.387. The van der Waals surface area contributed by atoms with E-state index in [2.05, 4.69) is 0 Å². The van der Waals surface area contributed by atoms with Crippen molar-refractivity contribution in [1.29, 1.82) is 0 Å². The number of nitrogens with zero attached hydrogens (tertiary/aromatic N) is 4. The lowest BCUT2D eigenvalue weighted by Crippen LogP contribution is -2.30. The normalized spacial score (nSPS) is 16.1. The first-order chi connectivity index (χ1) is 18.3. The highest BCUT2D eigenvalue weighted by molar-refractivity contribution is 8.19. The van der Waals surface area contributed by atoms with Gasteiger partial charge in [-0.1, -0.05) is 72.8 Å². The Morgan fingerprint density at radius 3 is 1.58 bits per heavy atom. The number of benzene rings is 3. The number of rotatable bonds is 9. The van der Waals surface area contributed by atoms with Crippen molar-refractivity contribution in [2.24, 2.45) is 4.40 Å². The maximum absolute atomic E-state index is 11.8. The predicted octanol–water partition coefficient (Wildman–Crippen LogP) is 8.10. The monoisotopic (exact) mass is 570 g/mol. The first kappa shape index (κ1) is 27.6. The zero-order valence-electron chi connectivity index (χ0n) is 19.9. The molecule has 1 saturated carbocycles. The Kier molecular flexibility index (Phi) is 9.02. The molecule has 3 aromatic carbocycles. The summed E-state index contributed by atoms with van der Waals surface area (Å²) in [4.78, 5) is 35.1. The van der Waals surface area contributed by atoms with Gasteiger partial charge in [0.25, 0.3) is 17.1 Å². The Balaban J connectivity index is 1.85. The lowest BCUT2D eigenvalue weighted by atomic mass is 10.1. The Morgan fingerprint density at radius 1 is 0.632 bits per heavy atom. The average Bonchev–Trinajstić information content (AvgIpc) is 3.09. The second-order valence-electron chi connectivity index (χ2n) is 8.32. The number of nitro benzene ring substituents is 3. The number of nitro groups is 3. The molecule has 0 aromatic heterocycles. The van der Waals surface area contributed by atoms with Crippen LogP contribution in [-0.4, -0.2) is 24.6 Å². The van der Waals surface area contributed by atoms with Crippen molar-refractivity contribution in [3.63, 3.8) is 0 Å². The Bertz CT molecular complexity index is 1340. The van der Waals surface area contributed by atoms with Crippen LogP contribution in [0.25, 0.3) is 0 Å². The van der Waals surface area contributed by atoms with Gasteiger partial charge >= 0.3 is 0 Å². The Morgan fingerprint density at radius 2 is 1.08 bits per heavy atom. The molecule has 13 heteroatoms. The van der Waals surface area contributed by atoms with Crippen LogP contribution in [0.5, 0.6) is 0 Å². The van der Waals surface area contributed by atoms with E-state index in [4.69, 9.17) is 4.40 Å². The second kappa shape index (κ2) is 12.4. The van der Waals surface area contributed by atoms with Crippen molar-refractivity contribution in [2.75, 3.05) is 0 Å². The molecule has 0 radical (unpaired) electrons. The van der Waals surface area contributed by atoms with Crippen LogP contribution in [0.15, 0.2) is 91.9 Å². The van der Waals surface area contributed by atoms with Gasteiger partial charge in [0.15, 0.2) is 0 Å². The Hall–Kier alpha value is -3.42. The van der Waals surface area contributed by atoms with Crippen LogP contribution >= 0.6 is 35.5 Å². The molecule has 0 aliphatic heterocycles. The topological polar surface area (TPSA) is 142 Å². The molecule has 4 rings (SSSR count). The van der Waals surface area contributed by atoms with E-state index in [1.807, 2.05) is 0 Å². The van der Waals surface area contributed by atoms with Gasteiger partial charge in [0.2, 0.25) is 0 Å². The molecule has 0 saturated heterocycles. The van der Waals surface area contributed by atoms with Gasteiger partial charge in [0.1, 0.15) is 8.97 Å². The molecule has 0 spiro atoms. The summed E-state index contributed by atoms with van der Waals surface area (Å²) >= 11 is 3.53. The van der Waals surface area contributed by atoms with Gasteiger partial charge in [0, 0.05) is 30.1 Å². The summed E-state index contributed by atoms with van der Waals surface area (Å²) < 4.78 is 3.89. The van der Waals surface area contributed by atoms with Gasteiger partial charge < -0.3 is 0 Å². The van der Waals surface area contributed by atoms with Gasteiger partial charge in [0.05, 0.1) is 30.3 Å². The number of para-hydroxylation sites is 3.